The molecule has 2 aromatic rings. The number of fused-ring (bicyclic) bond motifs is 1. The van der Waals surface area contributed by atoms with Crippen LogP contribution in [-0.4, -0.2) is 24.9 Å². The molecule has 0 bridgehead atoms. The quantitative estimate of drug-likeness (QED) is 0.641. The summed E-state index contributed by atoms with van der Waals surface area (Å²) in [4.78, 5) is 0. The van der Waals surface area contributed by atoms with Crippen LogP contribution in [0.5, 0.6) is 11.5 Å². The van der Waals surface area contributed by atoms with Crippen molar-refractivity contribution in [3.8, 4) is 11.5 Å². The van der Waals surface area contributed by atoms with Crippen LogP contribution in [0.3, 0.4) is 0 Å². The highest BCUT2D eigenvalue weighted by atomic mass is 32.1. The van der Waals surface area contributed by atoms with Crippen LogP contribution >= 0.6 is 12.2 Å². The van der Waals surface area contributed by atoms with Crippen molar-refractivity contribution in [3.05, 3.63) is 53.6 Å². The minimum atomic E-state index is 0.582. The summed E-state index contributed by atoms with van der Waals surface area (Å²) in [6.07, 6.45) is 2.08. The number of aryl methyl sites for hydroxylation is 2. The predicted octanol–water partition coefficient (Wildman–Crippen LogP) is 3.69. The lowest BCUT2D eigenvalue weighted by Gasteiger charge is -2.19. The second-order valence-corrected chi connectivity index (χ2v) is 6.24. The molecule has 5 heteroatoms. The van der Waals surface area contributed by atoms with E-state index in [0.717, 1.165) is 36.6 Å². The van der Waals surface area contributed by atoms with Crippen LogP contribution in [0.15, 0.2) is 42.5 Å². The second-order valence-electron chi connectivity index (χ2n) is 5.83. The van der Waals surface area contributed by atoms with Crippen molar-refractivity contribution in [1.29, 1.82) is 0 Å². The van der Waals surface area contributed by atoms with E-state index < -0.39 is 0 Å². The summed E-state index contributed by atoms with van der Waals surface area (Å²) in [5, 5.41) is 7.04. The smallest absolute Gasteiger partial charge is 0.170 e. The number of rotatable bonds is 5. The lowest BCUT2D eigenvalue weighted by atomic mass is 10.1. The van der Waals surface area contributed by atoms with Gasteiger partial charge in [-0.1, -0.05) is 29.8 Å². The Balaban J connectivity index is 1.41. The third kappa shape index (κ3) is 4.61. The molecule has 0 spiro atoms. The largest absolute Gasteiger partial charge is 0.486 e. The van der Waals surface area contributed by atoms with Crippen LogP contribution in [0.1, 0.15) is 17.5 Å². The summed E-state index contributed by atoms with van der Waals surface area (Å²) >= 11 is 5.34. The minimum Gasteiger partial charge on any atom is -0.486 e. The number of hydrogen-bond acceptors (Lipinski definition) is 3. The van der Waals surface area contributed by atoms with Crippen molar-refractivity contribution in [2.75, 3.05) is 25.1 Å². The van der Waals surface area contributed by atoms with Crippen molar-refractivity contribution in [2.45, 2.75) is 19.8 Å². The van der Waals surface area contributed by atoms with Crippen LogP contribution in [0, 0.1) is 6.92 Å². The van der Waals surface area contributed by atoms with E-state index in [4.69, 9.17) is 21.7 Å². The minimum absolute atomic E-state index is 0.582. The first-order valence-electron chi connectivity index (χ1n) is 8.21. The average molecular weight is 342 g/mol. The monoisotopic (exact) mass is 342 g/mol. The second kappa shape index (κ2) is 8.02. The molecule has 0 saturated carbocycles. The third-order valence-electron chi connectivity index (χ3n) is 3.85. The van der Waals surface area contributed by atoms with E-state index in [1.807, 2.05) is 18.2 Å². The molecule has 0 fully saturated rings. The summed E-state index contributed by atoms with van der Waals surface area (Å²) in [5.41, 5.74) is 3.55. The Morgan fingerprint density at radius 2 is 1.79 bits per heavy atom. The van der Waals surface area contributed by atoms with Crippen molar-refractivity contribution >= 4 is 23.0 Å². The highest BCUT2D eigenvalue weighted by Gasteiger charge is 2.11. The summed E-state index contributed by atoms with van der Waals surface area (Å²) < 4.78 is 11.1. The van der Waals surface area contributed by atoms with E-state index in [0.29, 0.717) is 18.3 Å². The fraction of sp³-hybridized carbons (Fsp3) is 0.316. The average Bonchev–Trinajstić information content (AvgIpc) is 2.60. The summed E-state index contributed by atoms with van der Waals surface area (Å²) in [7, 11) is 0. The van der Waals surface area contributed by atoms with E-state index in [-0.39, 0.29) is 0 Å². The number of thiocarbonyl (C=S) groups is 1. The number of ether oxygens (including phenoxy) is 2. The molecule has 0 aromatic heterocycles. The molecule has 2 aromatic carbocycles. The van der Waals surface area contributed by atoms with Gasteiger partial charge in [-0.15, -0.1) is 0 Å². The molecular formula is C19H22N2O2S. The van der Waals surface area contributed by atoms with Gasteiger partial charge in [-0.2, -0.15) is 0 Å². The highest BCUT2D eigenvalue weighted by Crippen LogP contribution is 2.32. The Hall–Kier alpha value is -2.27. The van der Waals surface area contributed by atoms with Gasteiger partial charge in [0.15, 0.2) is 16.6 Å². The Morgan fingerprint density at radius 3 is 2.58 bits per heavy atom. The Morgan fingerprint density at radius 1 is 1.04 bits per heavy atom. The molecule has 3 rings (SSSR count). The molecule has 1 aliphatic rings. The van der Waals surface area contributed by atoms with E-state index >= 15 is 0 Å². The molecule has 2 N–H and O–H groups in total. The normalized spacial score (nSPS) is 12.5. The van der Waals surface area contributed by atoms with Crippen LogP contribution in [0.4, 0.5) is 5.69 Å². The highest BCUT2D eigenvalue weighted by molar-refractivity contribution is 7.80. The molecule has 1 heterocycles. The van der Waals surface area contributed by atoms with Crippen molar-refractivity contribution in [1.82, 2.24) is 5.32 Å². The van der Waals surface area contributed by atoms with Gasteiger partial charge in [-0.3, -0.25) is 0 Å². The van der Waals surface area contributed by atoms with Crippen LogP contribution in [-0.2, 0) is 6.42 Å². The van der Waals surface area contributed by atoms with Crippen molar-refractivity contribution < 1.29 is 9.47 Å². The van der Waals surface area contributed by atoms with Gasteiger partial charge >= 0.3 is 0 Å². The van der Waals surface area contributed by atoms with Crippen molar-refractivity contribution in [3.63, 3.8) is 0 Å². The lowest BCUT2D eigenvalue weighted by molar-refractivity contribution is 0.171. The van der Waals surface area contributed by atoms with E-state index in [9.17, 15) is 0 Å². The lowest BCUT2D eigenvalue weighted by Crippen LogP contribution is -2.29. The van der Waals surface area contributed by atoms with Gasteiger partial charge in [0.1, 0.15) is 13.2 Å². The van der Waals surface area contributed by atoms with Crippen LogP contribution in [0.25, 0.3) is 0 Å². The van der Waals surface area contributed by atoms with E-state index in [1.54, 1.807) is 0 Å². The van der Waals surface area contributed by atoms with Gasteiger partial charge in [-0.05, 0) is 49.7 Å². The number of hydrogen-bond donors (Lipinski definition) is 2. The van der Waals surface area contributed by atoms with Gasteiger partial charge in [-0.25, -0.2) is 0 Å². The number of benzene rings is 2. The standard InChI is InChI=1S/C19H22N2O2S/c1-14-4-6-15(7-5-14)3-2-10-20-19(24)21-16-8-9-17-18(13-16)23-12-11-22-17/h4-9,13H,2-3,10-12H2,1H3,(H2,20,21,24). The Kier molecular flexibility index (Phi) is 5.54. The topological polar surface area (TPSA) is 42.5 Å². The zero-order valence-electron chi connectivity index (χ0n) is 13.8. The van der Waals surface area contributed by atoms with Gasteiger partial charge < -0.3 is 20.1 Å². The van der Waals surface area contributed by atoms with E-state index in [2.05, 4.69) is 41.8 Å². The fourth-order valence-electron chi connectivity index (χ4n) is 2.55. The summed E-state index contributed by atoms with van der Waals surface area (Å²) in [6, 6.07) is 14.4. The molecule has 24 heavy (non-hydrogen) atoms. The van der Waals surface area contributed by atoms with E-state index in [1.165, 1.54) is 11.1 Å². The first-order chi connectivity index (χ1) is 11.7. The fourth-order valence-corrected chi connectivity index (χ4v) is 2.77. The molecule has 0 saturated heterocycles. The van der Waals surface area contributed by atoms with Gasteiger partial charge in [0.05, 0.1) is 0 Å². The molecule has 0 aliphatic carbocycles. The third-order valence-corrected chi connectivity index (χ3v) is 4.09. The predicted molar refractivity (Wildman–Crippen MR) is 101 cm³/mol. The Labute approximate surface area is 148 Å². The molecule has 1 aliphatic heterocycles. The first-order valence-corrected chi connectivity index (χ1v) is 8.61. The first kappa shape index (κ1) is 16.6. The van der Waals surface area contributed by atoms with Crippen LogP contribution in [0.2, 0.25) is 0 Å². The molecular weight excluding hydrogens is 320 g/mol. The summed E-state index contributed by atoms with van der Waals surface area (Å²) in [6.45, 7) is 4.12. The van der Waals surface area contributed by atoms with Gasteiger partial charge in [0.25, 0.3) is 0 Å². The molecule has 0 amide bonds. The maximum Gasteiger partial charge on any atom is 0.170 e. The maximum absolute atomic E-state index is 5.57. The number of anilines is 1. The number of nitrogens with one attached hydrogen (secondary N) is 2. The molecule has 4 nitrogen and oxygen atoms in total. The maximum atomic E-state index is 5.57. The zero-order chi connectivity index (χ0) is 16.8. The van der Waals surface area contributed by atoms with Crippen LogP contribution < -0.4 is 20.1 Å². The van der Waals surface area contributed by atoms with Gasteiger partial charge in [0.2, 0.25) is 0 Å². The zero-order valence-corrected chi connectivity index (χ0v) is 14.6. The summed E-state index contributed by atoms with van der Waals surface area (Å²) in [5.74, 6) is 1.54. The molecule has 126 valence electrons. The Bertz CT molecular complexity index is 701. The molecule has 0 radical (unpaired) electrons. The molecule has 0 unspecified atom stereocenters. The molecule has 0 atom stereocenters. The van der Waals surface area contributed by atoms with Crippen molar-refractivity contribution in [2.24, 2.45) is 0 Å². The SMILES string of the molecule is Cc1ccc(CCCNC(=S)Nc2ccc3c(c2)OCCO3)cc1. The van der Waals surface area contributed by atoms with Gasteiger partial charge in [0, 0.05) is 18.3 Å².